The molecule has 1 amide bonds. The average Bonchev–Trinajstić information content (AvgIpc) is 3.10. The Morgan fingerprint density at radius 2 is 2.12 bits per heavy atom. The molecule has 0 radical (unpaired) electrons. The van der Waals surface area contributed by atoms with Gasteiger partial charge in [-0.25, -0.2) is 14.5 Å². The highest BCUT2D eigenvalue weighted by Gasteiger charge is 2.36. The van der Waals surface area contributed by atoms with Crippen LogP contribution in [0.25, 0.3) is 5.82 Å². The summed E-state index contributed by atoms with van der Waals surface area (Å²) in [4.78, 5) is 17.5. The van der Waals surface area contributed by atoms with Gasteiger partial charge in [-0.05, 0) is 43.0 Å². The molecule has 1 N–H and O–H groups in total. The Kier molecular flexibility index (Phi) is 4.96. The number of aromatic nitrogens is 3. The molecule has 2 aromatic rings. The standard InChI is InChI=1S/C17H21ClN4O3/c1-3-13-4-7-22(20-13)15-11-12(10-14(18)19-15)17(24)5-8-21(9-6-17)16(23)25-2/h4,7,10-11,24H,3,5-6,8-9H2,1-2H3. The monoisotopic (exact) mass is 364 g/mol. The Labute approximate surface area is 151 Å². The van der Waals surface area contributed by atoms with E-state index in [0.717, 1.165) is 12.1 Å². The van der Waals surface area contributed by atoms with Crippen molar-refractivity contribution in [2.24, 2.45) is 0 Å². The van der Waals surface area contributed by atoms with Gasteiger partial charge >= 0.3 is 6.09 Å². The first-order valence-electron chi connectivity index (χ1n) is 8.23. The van der Waals surface area contributed by atoms with Gasteiger partial charge in [-0.2, -0.15) is 5.10 Å². The fraction of sp³-hybridized carbons (Fsp3) is 0.471. The summed E-state index contributed by atoms with van der Waals surface area (Å²) in [6, 6.07) is 5.39. The lowest BCUT2D eigenvalue weighted by Gasteiger charge is -2.37. The van der Waals surface area contributed by atoms with Crippen LogP contribution in [0.3, 0.4) is 0 Å². The van der Waals surface area contributed by atoms with Gasteiger partial charge in [0.15, 0.2) is 5.82 Å². The third-order valence-corrected chi connectivity index (χ3v) is 4.78. The number of amides is 1. The van der Waals surface area contributed by atoms with Crippen LogP contribution in [0.4, 0.5) is 4.79 Å². The van der Waals surface area contributed by atoms with Crippen molar-refractivity contribution < 1.29 is 14.6 Å². The molecule has 1 aliphatic heterocycles. The topological polar surface area (TPSA) is 80.5 Å². The molecule has 1 aliphatic rings. The van der Waals surface area contributed by atoms with Gasteiger partial charge in [0, 0.05) is 19.3 Å². The zero-order valence-corrected chi connectivity index (χ0v) is 15.0. The van der Waals surface area contributed by atoms with E-state index in [1.807, 2.05) is 19.2 Å². The number of aliphatic hydroxyl groups is 1. The summed E-state index contributed by atoms with van der Waals surface area (Å²) in [6.45, 7) is 2.86. The molecule has 134 valence electrons. The quantitative estimate of drug-likeness (QED) is 0.846. The molecule has 1 fully saturated rings. The Hall–Kier alpha value is -2.12. The summed E-state index contributed by atoms with van der Waals surface area (Å²) in [5.41, 5.74) is 0.570. The first-order chi connectivity index (χ1) is 11.9. The highest BCUT2D eigenvalue weighted by molar-refractivity contribution is 6.29. The minimum Gasteiger partial charge on any atom is -0.453 e. The van der Waals surface area contributed by atoms with Crippen molar-refractivity contribution in [3.63, 3.8) is 0 Å². The maximum atomic E-state index is 11.6. The van der Waals surface area contributed by atoms with Crippen molar-refractivity contribution in [2.75, 3.05) is 20.2 Å². The van der Waals surface area contributed by atoms with E-state index in [1.165, 1.54) is 7.11 Å². The number of piperidine rings is 1. The van der Waals surface area contributed by atoms with Crippen LogP contribution in [0.15, 0.2) is 24.4 Å². The minimum absolute atomic E-state index is 0.296. The third-order valence-electron chi connectivity index (χ3n) is 4.58. The average molecular weight is 365 g/mol. The Balaban J connectivity index is 1.86. The van der Waals surface area contributed by atoms with E-state index >= 15 is 0 Å². The Morgan fingerprint density at radius 1 is 1.40 bits per heavy atom. The van der Waals surface area contributed by atoms with Gasteiger partial charge in [-0.3, -0.25) is 0 Å². The lowest BCUT2D eigenvalue weighted by Crippen LogP contribution is -2.45. The number of aryl methyl sites for hydroxylation is 1. The molecule has 8 heteroatoms. The Morgan fingerprint density at radius 3 is 2.72 bits per heavy atom. The zero-order valence-electron chi connectivity index (χ0n) is 14.3. The van der Waals surface area contributed by atoms with Crippen LogP contribution in [0.1, 0.15) is 31.0 Å². The highest BCUT2D eigenvalue weighted by Crippen LogP contribution is 2.34. The molecule has 0 unspecified atom stereocenters. The van der Waals surface area contributed by atoms with Gasteiger partial charge < -0.3 is 14.7 Å². The molecular weight excluding hydrogens is 344 g/mol. The lowest BCUT2D eigenvalue weighted by atomic mass is 9.85. The second-order valence-corrected chi connectivity index (χ2v) is 6.52. The summed E-state index contributed by atoms with van der Waals surface area (Å²) < 4.78 is 6.39. The van der Waals surface area contributed by atoms with Crippen LogP contribution in [0.5, 0.6) is 0 Å². The highest BCUT2D eigenvalue weighted by atomic mass is 35.5. The van der Waals surface area contributed by atoms with Crippen molar-refractivity contribution in [3.05, 3.63) is 40.8 Å². The molecular formula is C17H21ClN4O3. The number of hydrogen-bond acceptors (Lipinski definition) is 5. The van der Waals surface area contributed by atoms with Crippen LogP contribution in [-0.2, 0) is 16.8 Å². The summed E-state index contributed by atoms with van der Waals surface area (Å²) in [5.74, 6) is 0.561. The number of pyridine rings is 1. The number of halogens is 1. The molecule has 0 atom stereocenters. The van der Waals surface area contributed by atoms with Gasteiger partial charge in [-0.1, -0.05) is 18.5 Å². The maximum Gasteiger partial charge on any atom is 0.409 e. The number of carbonyl (C=O) groups is 1. The van der Waals surface area contributed by atoms with Crippen molar-refractivity contribution in [1.29, 1.82) is 0 Å². The van der Waals surface area contributed by atoms with E-state index in [2.05, 4.69) is 10.1 Å². The predicted molar refractivity (Wildman–Crippen MR) is 92.9 cm³/mol. The summed E-state index contributed by atoms with van der Waals surface area (Å²) in [6.07, 6.45) is 3.08. The van der Waals surface area contributed by atoms with E-state index in [9.17, 15) is 9.90 Å². The number of carbonyl (C=O) groups excluding carboxylic acids is 1. The van der Waals surface area contributed by atoms with Crippen molar-refractivity contribution >= 4 is 17.7 Å². The second-order valence-electron chi connectivity index (χ2n) is 6.13. The third kappa shape index (κ3) is 3.62. The molecule has 0 spiro atoms. The second kappa shape index (κ2) is 7.01. The number of methoxy groups -OCH3 is 1. The number of rotatable bonds is 3. The summed E-state index contributed by atoms with van der Waals surface area (Å²) in [5, 5.41) is 15.8. The number of hydrogen-bond donors (Lipinski definition) is 1. The van der Waals surface area contributed by atoms with Gasteiger partial charge in [0.2, 0.25) is 0 Å². The molecule has 25 heavy (non-hydrogen) atoms. The van der Waals surface area contributed by atoms with Crippen molar-refractivity contribution in [1.82, 2.24) is 19.7 Å². The maximum absolute atomic E-state index is 11.6. The smallest absolute Gasteiger partial charge is 0.409 e. The zero-order chi connectivity index (χ0) is 18.0. The summed E-state index contributed by atoms with van der Waals surface area (Å²) >= 11 is 6.18. The van der Waals surface area contributed by atoms with E-state index < -0.39 is 5.60 Å². The molecule has 3 rings (SSSR count). The normalized spacial score (nSPS) is 16.7. The van der Waals surface area contributed by atoms with E-state index in [1.54, 1.807) is 21.7 Å². The Bertz CT molecular complexity index is 769. The lowest BCUT2D eigenvalue weighted by molar-refractivity contribution is -0.0231. The number of likely N-dealkylation sites (tertiary alicyclic amines) is 1. The first-order valence-corrected chi connectivity index (χ1v) is 8.61. The van der Waals surface area contributed by atoms with E-state index in [0.29, 0.717) is 42.5 Å². The number of nitrogens with zero attached hydrogens (tertiary/aromatic N) is 4. The molecule has 0 saturated carbocycles. The first kappa shape index (κ1) is 17.7. The molecule has 7 nitrogen and oxygen atoms in total. The summed E-state index contributed by atoms with van der Waals surface area (Å²) in [7, 11) is 1.35. The minimum atomic E-state index is -1.06. The van der Waals surface area contributed by atoms with Crippen LogP contribution in [0, 0.1) is 0 Å². The van der Waals surface area contributed by atoms with Gasteiger partial charge in [0.05, 0.1) is 18.4 Å². The van der Waals surface area contributed by atoms with Crippen LogP contribution < -0.4 is 0 Å². The van der Waals surface area contributed by atoms with Crippen molar-refractivity contribution in [2.45, 2.75) is 31.8 Å². The van der Waals surface area contributed by atoms with Gasteiger partial charge in [0.25, 0.3) is 0 Å². The molecule has 3 heterocycles. The van der Waals surface area contributed by atoms with E-state index in [-0.39, 0.29) is 6.09 Å². The largest absolute Gasteiger partial charge is 0.453 e. The molecule has 1 saturated heterocycles. The molecule has 0 aromatic carbocycles. The fourth-order valence-electron chi connectivity index (χ4n) is 3.02. The van der Waals surface area contributed by atoms with Gasteiger partial charge in [0.1, 0.15) is 5.15 Å². The van der Waals surface area contributed by atoms with Gasteiger partial charge in [-0.15, -0.1) is 0 Å². The molecule has 0 aliphatic carbocycles. The van der Waals surface area contributed by atoms with Crippen molar-refractivity contribution in [3.8, 4) is 5.82 Å². The predicted octanol–water partition coefficient (Wildman–Crippen LogP) is 2.53. The van der Waals surface area contributed by atoms with Crippen LogP contribution in [0.2, 0.25) is 5.15 Å². The van der Waals surface area contributed by atoms with Crippen LogP contribution in [-0.4, -0.2) is 51.1 Å². The van der Waals surface area contributed by atoms with Crippen LogP contribution >= 0.6 is 11.6 Å². The molecule has 2 aromatic heterocycles. The molecule has 0 bridgehead atoms. The fourth-order valence-corrected chi connectivity index (χ4v) is 3.23. The SMILES string of the molecule is CCc1ccn(-c2cc(C3(O)CCN(C(=O)OC)CC3)cc(Cl)n2)n1. The number of ether oxygens (including phenoxy) is 1. The van der Waals surface area contributed by atoms with E-state index in [4.69, 9.17) is 16.3 Å².